The van der Waals surface area contributed by atoms with Crippen LogP contribution in [-0.2, 0) is 4.79 Å². The molecule has 1 aliphatic heterocycles. The third kappa shape index (κ3) is 2.99. The maximum Gasteiger partial charge on any atom is 0.303 e. The Balaban J connectivity index is 2.24. The summed E-state index contributed by atoms with van der Waals surface area (Å²) in [5.74, 6) is -0.731. The Bertz CT molecular complexity index is 163. The first-order chi connectivity index (χ1) is 5.70. The van der Waals surface area contributed by atoms with E-state index in [1.54, 1.807) is 4.42 Å². The van der Waals surface area contributed by atoms with E-state index in [0.29, 0.717) is 6.42 Å². The molecule has 70 valence electrons. The Kier molecular flexibility index (Phi) is 3.82. The molecule has 1 N–H and O–H groups in total. The van der Waals surface area contributed by atoms with E-state index >= 15 is 0 Å². The molecule has 0 amide bonds. The molecular weight excluding hydrogens is 178 g/mol. The van der Waals surface area contributed by atoms with E-state index < -0.39 is 5.97 Å². The molecule has 0 aromatic rings. The average molecular weight is 192 g/mol. The quantitative estimate of drug-likeness (QED) is 0.693. The van der Waals surface area contributed by atoms with Gasteiger partial charge in [0, 0.05) is 19.0 Å². The summed E-state index contributed by atoms with van der Waals surface area (Å²) in [7, 11) is 0. The lowest BCUT2D eigenvalue weighted by molar-refractivity contribution is -0.137. The highest BCUT2D eigenvalue weighted by Crippen LogP contribution is 2.22. The molecule has 0 aromatic heterocycles. The predicted octanol–water partition coefficient (Wildman–Crippen LogP) is 1.86. The van der Waals surface area contributed by atoms with Gasteiger partial charge < -0.3 is 5.11 Å². The second-order valence-electron chi connectivity index (χ2n) is 3.21. The van der Waals surface area contributed by atoms with Gasteiger partial charge >= 0.3 is 5.97 Å². The van der Waals surface area contributed by atoms with Crippen molar-refractivity contribution >= 4 is 17.7 Å². The monoisotopic (exact) mass is 191 g/mol. The summed E-state index contributed by atoms with van der Waals surface area (Å²) in [5, 5.41) is 8.47. The number of piperidine rings is 1. The molecule has 1 atom stereocenters. The number of aliphatic carboxylic acids is 1. The zero-order valence-electron chi connectivity index (χ0n) is 7.00. The van der Waals surface area contributed by atoms with Gasteiger partial charge in [-0.2, -0.15) is 0 Å². The third-order valence-electron chi connectivity index (χ3n) is 2.25. The van der Waals surface area contributed by atoms with Crippen LogP contribution in [0, 0.1) is 0 Å². The van der Waals surface area contributed by atoms with E-state index in [0.717, 1.165) is 19.4 Å². The smallest absolute Gasteiger partial charge is 0.303 e. The van der Waals surface area contributed by atoms with Crippen molar-refractivity contribution in [3.05, 3.63) is 0 Å². The second-order valence-corrected chi connectivity index (χ2v) is 3.64. The minimum absolute atomic E-state index is 0.230. The lowest BCUT2D eigenvalue weighted by Crippen LogP contribution is -2.32. The Morgan fingerprint density at radius 3 is 2.92 bits per heavy atom. The van der Waals surface area contributed by atoms with Crippen molar-refractivity contribution in [1.82, 2.24) is 4.42 Å². The summed E-state index contributed by atoms with van der Waals surface area (Å²) in [6, 6.07) is 0.275. The number of halogens is 1. The molecule has 0 saturated carbocycles. The van der Waals surface area contributed by atoms with Gasteiger partial charge in [-0.25, -0.2) is 4.42 Å². The Hall–Kier alpha value is -0.280. The van der Waals surface area contributed by atoms with Gasteiger partial charge in [-0.1, -0.05) is 6.42 Å². The minimum atomic E-state index is -0.731. The number of carboxylic acid groups (broad SMARTS) is 1. The van der Waals surface area contributed by atoms with Crippen LogP contribution in [0.5, 0.6) is 0 Å². The highest BCUT2D eigenvalue weighted by Gasteiger charge is 2.20. The van der Waals surface area contributed by atoms with Gasteiger partial charge in [0.25, 0.3) is 0 Å². The van der Waals surface area contributed by atoms with Crippen molar-refractivity contribution in [3.63, 3.8) is 0 Å². The Morgan fingerprint density at radius 1 is 1.58 bits per heavy atom. The second kappa shape index (κ2) is 4.67. The standard InChI is InChI=1S/C8H14ClNO2/c9-10-6-2-1-3-7(10)4-5-8(11)12/h7H,1-6H2,(H,11,12). The van der Waals surface area contributed by atoms with E-state index in [9.17, 15) is 4.79 Å². The van der Waals surface area contributed by atoms with Gasteiger partial charge in [0.15, 0.2) is 0 Å². The maximum absolute atomic E-state index is 10.3. The van der Waals surface area contributed by atoms with Crippen molar-refractivity contribution in [2.24, 2.45) is 0 Å². The molecule has 1 aliphatic rings. The van der Waals surface area contributed by atoms with Crippen LogP contribution < -0.4 is 0 Å². The minimum Gasteiger partial charge on any atom is -0.481 e. The van der Waals surface area contributed by atoms with E-state index in [4.69, 9.17) is 16.9 Å². The summed E-state index contributed by atoms with van der Waals surface area (Å²) in [6.45, 7) is 0.895. The highest BCUT2D eigenvalue weighted by atomic mass is 35.5. The number of hydrogen-bond acceptors (Lipinski definition) is 2. The first-order valence-electron chi connectivity index (χ1n) is 4.34. The van der Waals surface area contributed by atoms with Gasteiger partial charge in [0.1, 0.15) is 0 Å². The van der Waals surface area contributed by atoms with Gasteiger partial charge in [-0.05, 0) is 31.0 Å². The van der Waals surface area contributed by atoms with Crippen molar-refractivity contribution in [2.75, 3.05) is 6.54 Å². The summed E-state index contributed by atoms with van der Waals surface area (Å²) in [5.41, 5.74) is 0. The lowest BCUT2D eigenvalue weighted by atomic mass is 10.0. The molecule has 3 nitrogen and oxygen atoms in total. The highest BCUT2D eigenvalue weighted by molar-refractivity contribution is 6.13. The summed E-state index contributed by atoms with van der Waals surface area (Å²) < 4.78 is 1.76. The predicted molar refractivity (Wildman–Crippen MR) is 47.1 cm³/mol. The molecule has 1 rings (SSSR count). The van der Waals surface area contributed by atoms with E-state index in [-0.39, 0.29) is 12.5 Å². The van der Waals surface area contributed by atoms with E-state index in [1.807, 2.05) is 0 Å². The fourth-order valence-electron chi connectivity index (χ4n) is 1.54. The number of nitrogens with zero attached hydrogens (tertiary/aromatic N) is 1. The van der Waals surface area contributed by atoms with Crippen LogP contribution in [0.15, 0.2) is 0 Å². The zero-order valence-corrected chi connectivity index (χ0v) is 7.76. The molecule has 0 aliphatic carbocycles. The molecule has 12 heavy (non-hydrogen) atoms. The Morgan fingerprint density at radius 2 is 2.33 bits per heavy atom. The molecule has 0 radical (unpaired) electrons. The van der Waals surface area contributed by atoms with Crippen LogP contribution in [0.3, 0.4) is 0 Å². The first-order valence-corrected chi connectivity index (χ1v) is 4.68. The normalized spacial score (nSPS) is 25.6. The van der Waals surface area contributed by atoms with Gasteiger partial charge in [-0.3, -0.25) is 4.79 Å². The molecule has 1 saturated heterocycles. The largest absolute Gasteiger partial charge is 0.481 e. The molecule has 0 spiro atoms. The maximum atomic E-state index is 10.3. The molecule has 0 bridgehead atoms. The topological polar surface area (TPSA) is 40.5 Å². The number of rotatable bonds is 3. The molecule has 1 fully saturated rings. The Labute approximate surface area is 77.4 Å². The molecule has 0 aromatic carbocycles. The third-order valence-corrected chi connectivity index (χ3v) is 2.69. The van der Waals surface area contributed by atoms with Gasteiger partial charge in [0.05, 0.1) is 0 Å². The van der Waals surface area contributed by atoms with Crippen LogP contribution >= 0.6 is 11.8 Å². The number of carbonyl (C=O) groups is 1. The van der Waals surface area contributed by atoms with Crippen molar-refractivity contribution in [3.8, 4) is 0 Å². The van der Waals surface area contributed by atoms with Gasteiger partial charge in [0.2, 0.25) is 0 Å². The van der Waals surface area contributed by atoms with Crippen LogP contribution in [-0.4, -0.2) is 28.1 Å². The molecular formula is C8H14ClNO2. The van der Waals surface area contributed by atoms with Crippen molar-refractivity contribution in [2.45, 2.75) is 38.1 Å². The number of carboxylic acids is 1. The number of hydrogen-bond donors (Lipinski definition) is 1. The fraction of sp³-hybridized carbons (Fsp3) is 0.875. The van der Waals surface area contributed by atoms with Crippen molar-refractivity contribution in [1.29, 1.82) is 0 Å². The van der Waals surface area contributed by atoms with Crippen LogP contribution in [0.1, 0.15) is 32.1 Å². The lowest BCUT2D eigenvalue weighted by Gasteiger charge is -2.29. The summed E-state index contributed by atoms with van der Waals surface area (Å²) in [6.07, 6.45) is 4.25. The average Bonchev–Trinajstić information content (AvgIpc) is 2.03. The first kappa shape index (κ1) is 9.81. The van der Waals surface area contributed by atoms with Gasteiger partial charge in [-0.15, -0.1) is 0 Å². The summed E-state index contributed by atoms with van der Waals surface area (Å²) in [4.78, 5) is 10.3. The molecule has 4 heteroatoms. The van der Waals surface area contributed by atoms with E-state index in [2.05, 4.69) is 0 Å². The molecule has 1 unspecified atom stereocenters. The van der Waals surface area contributed by atoms with E-state index in [1.165, 1.54) is 6.42 Å². The fourth-order valence-corrected chi connectivity index (χ4v) is 1.85. The van der Waals surface area contributed by atoms with Crippen molar-refractivity contribution < 1.29 is 9.90 Å². The van der Waals surface area contributed by atoms with Crippen LogP contribution in [0.2, 0.25) is 0 Å². The zero-order chi connectivity index (χ0) is 8.97. The SMILES string of the molecule is O=C(O)CCC1CCCCN1Cl. The molecule has 1 heterocycles. The summed E-state index contributed by atoms with van der Waals surface area (Å²) >= 11 is 5.91. The van der Waals surface area contributed by atoms with Crippen LogP contribution in [0.25, 0.3) is 0 Å². The van der Waals surface area contributed by atoms with Crippen LogP contribution in [0.4, 0.5) is 0 Å².